The van der Waals surface area contributed by atoms with Gasteiger partial charge in [-0.2, -0.15) is 0 Å². The van der Waals surface area contributed by atoms with Gasteiger partial charge in [-0.1, -0.05) is 50.6 Å². The summed E-state index contributed by atoms with van der Waals surface area (Å²) < 4.78 is 5.88. The molecule has 0 aliphatic heterocycles. The summed E-state index contributed by atoms with van der Waals surface area (Å²) in [7, 11) is 0. The molecular formula is C27H33N5O5. The lowest BCUT2D eigenvalue weighted by Crippen LogP contribution is -2.45. The highest BCUT2D eigenvalue weighted by atomic mass is 16.5. The lowest BCUT2D eigenvalue weighted by atomic mass is 9.99. The molecule has 0 unspecified atom stereocenters. The number of anilines is 1. The molecule has 0 aliphatic rings. The Morgan fingerprint density at radius 2 is 1.92 bits per heavy atom. The molecule has 1 aromatic heterocycles. The van der Waals surface area contributed by atoms with Crippen LogP contribution >= 0.6 is 0 Å². The maximum atomic E-state index is 12.9. The molecule has 2 amide bonds. The van der Waals surface area contributed by atoms with Crippen LogP contribution in [0.5, 0.6) is 5.75 Å². The van der Waals surface area contributed by atoms with Gasteiger partial charge in [0.1, 0.15) is 18.4 Å². The summed E-state index contributed by atoms with van der Waals surface area (Å²) in [5.74, 6) is -2.07. The third-order valence-corrected chi connectivity index (χ3v) is 6.13. The average molecular weight is 508 g/mol. The van der Waals surface area contributed by atoms with Crippen LogP contribution in [0, 0.1) is 5.92 Å². The first-order valence-electron chi connectivity index (χ1n) is 12.2. The van der Waals surface area contributed by atoms with Crippen molar-refractivity contribution in [1.29, 1.82) is 0 Å². The third-order valence-electron chi connectivity index (χ3n) is 6.13. The topological polar surface area (TPSA) is 159 Å². The van der Waals surface area contributed by atoms with Crippen molar-refractivity contribution in [2.45, 2.75) is 51.8 Å². The van der Waals surface area contributed by atoms with Crippen LogP contribution in [-0.2, 0) is 22.6 Å². The van der Waals surface area contributed by atoms with E-state index >= 15 is 0 Å². The Morgan fingerprint density at radius 1 is 1.16 bits per heavy atom. The number of aromatic amines is 1. The van der Waals surface area contributed by atoms with Crippen molar-refractivity contribution in [3.05, 3.63) is 77.9 Å². The lowest BCUT2D eigenvalue weighted by Gasteiger charge is -2.21. The Bertz CT molecular complexity index is 1180. The molecule has 0 saturated carbocycles. The smallest absolute Gasteiger partial charge is 0.326 e. The van der Waals surface area contributed by atoms with Crippen molar-refractivity contribution < 1.29 is 24.2 Å². The first kappa shape index (κ1) is 27.4. The summed E-state index contributed by atoms with van der Waals surface area (Å²) in [5, 5.41) is 14.9. The molecule has 3 rings (SSSR count). The van der Waals surface area contributed by atoms with Crippen LogP contribution in [0.15, 0.2) is 61.1 Å². The van der Waals surface area contributed by atoms with Crippen LogP contribution in [0.1, 0.15) is 48.3 Å². The van der Waals surface area contributed by atoms with Crippen LogP contribution in [-0.4, -0.2) is 44.9 Å². The summed E-state index contributed by atoms with van der Waals surface area (Å²) >= 11 is 0. The number of carbonyl (C=O) groups is 3. The summed E-state index contributed by atoms with van der Waals surface area (Å²) in [4.78, 5) is 44.2. The maximum Gasteiger partial charge on any atom is 0.326 e. The number of benzene rings is 2. The van der Waals surface area contributed by atoms with Crippen LogP contribution in [0.25, 0.3) is 0 Å². The number of nitrogens with two attached hydrogens (primary N) is 1. The van der Waals surface area contributed by atoms with Crippen molar-refractivity contribution in [2.24, 2.45) is 11.7 Å². The molecule has 0 spiro atoms. The van der Waals surface area contributed by atoms with Crippen LogP contribution in [0.4, 0.5) is 5.69 Å². The molecule has 1 heterocycles. The maximum absolute atomic E-state index is 12.9. The SMILES string of the molecule is CC[C@H](C)[C@H](NC(=O)c1ccc(NC(=O)[C@@H](N)CCc2ccccc2)c(OCc2cnc[nH]2)c1)C(=O)O. The Hall–Kier alpha value is -4.18. The highest BCUT2D eigenvalue weighted by molar-refractivity contribution is 5.99. The Balaban J connectivity index is 1.75. The van der Waals surface area contributed by atoms with Gasteiger partial charge in [0.15, 0.2) is 0 Å². The van der Waals surface area contributed by atoms with Gasteiger partial charge in [-0.05, 0) is 42.5 Å². The van der Waals surface area contributed by atoms with E-state index in [-0.39, 0.29) is 29.7 Å². The number of hydrogen-bond donors (Lipinski definition) is 5. The van der Waals surface area contributed by atoms with Gasteiger partial charge in [-0.25, -0.2) is 9.78 Å². The molecule has 0 saturated heterocycles. The van der Waals surface area contributed by atoms with E-state index in [1.807, 2.05) is 37.3 Å². The van der Waals surface area contributed by atoms with E-state index < -0.39 is 24.0 Å². The van der Waals surface area contributed by atoms with Gasteiger partial charge >= 0.3 is 5.97 Å². The zero-order valence-corrected chi connectivity index (χ0v) is 20.9. The normalized spacial score (nSPS) is 13.3. The van der Waals surface area contributed by atoms with Gasteiger partial charge in [0.05, 0.1) is 29.9 Å². The standard InChI is InChI=1S/C27H33N5O5/c1-3-17(2)24(27(35)36)32-25(33)19-10-12-22(23(13-19)37-15-20-14-29-16-30-20)31-26(34)21(28)11-9-18-7-5-4-6-8-18/h4-8,10,12-14,16-17,21,24H,3,9,11,15,28H2,1-2H3,(H,29,30)(H,31,34)(H,32,33)(H,35,36)/t17-,21-,24-/m0/s1. The zero-order chi connectivity index (χ0) is 26.8. The van der Waals surface area contributed by atoms with Gasteiger partial charge in [0.2, 0.25) is 5.91 Å². The number of hydrogen-bond acceptors (Lipinski definition) is 6. The quantitative estimate of drug-likeness (QED) is 0.238. The van der Waals surface area contributed by atoms with Crippen LogP contribution in [0.3, 0.4) is 0 Å². The van der Waals surface area contributed by atoms with Gasteiger partial charge in [0, 0.05) is 5.56 Å². The summed E-state index contributed by atoms with van der Waals surface area (Å²) in [5.41, 5.74) is 8.44. The fourth-order valence-corrected chi connectivity index (χ4v) is 3.64. The first-order chi connectivity index (χ1) is 17.8. The van der Waals surface area contributed by atoms with Crippen molar-refractivity contribution in [2.75, 3.05) is 5.32 Å². The van der Waals surface area contributed by atoms with Crippen molar-refractivity contribution in [3.63, 3.8) is 0 Å². The number of aromatic nitrogens is 2. The minimum atomic E-state index is -1.10. The third kappa shape index (κ3) is 7.91. The molecule has 2 aromatic carbocycles. The van der Waals surface area contributed by atoms with E-state index in [1.165, 1.54) is 24.5 Å². The van der Waals surface area contributed by atoms with E-state index in [0.29, 0.717) is 30.6 Å². The van der Waals surface area contributed by atoms with Gasteiger partial charge in [0.25, 0.3) is 5.91 Å². The second-order valence-electron chi connectivity index (χ2n) is 8.87. The van der Waals surface area contributed by atoms with Crippen molar-refractivity contribution >= 4 is 23.5 Å². The number of nitrogens with one attached hydrogen (secondary N) is 3. The number of nitrogens with zero attached hydrogens (tertiary/aromatic N) is 1. The first-order valence-corrected chi connectivity index (χ1v) is 12.2. The minimum absolute atomic E-state index is 0.110. The number of carboxylic acids is 1. The minimum Gasteiger partial charge on any atom is -0.485 e. The fraction of sp³-hybridized carbons (Fsp3) is 0.333. The second kappa shape index (κ2) is 13.2. The average Bonchev–Trinajstić information content (AvgIpc) is 3.43. The predicted octanol–water partition coefficient (Wildman–Crippen LogP) is 3.12. The molecule has 0 aliphatic carbocycles. The lowest BCUT2D eigenvalue weighted by molar-refractivity contribution is -0.140. The summed E-state index contributed by atoms with van der Waals surface area (Å²) in [6.07, 6.45) is 4.80. The van der Waals surface area contributed by atoms with Gasteiger partial charge in [-0.3, -0.25) is 9.59 Å². The van der Waals surface area contributed by atoms with E-state index in [9.17, 15) is 19.5 Å². The van der Waals surface area contributed by atoms with Gasteiger partial charge < -0.3 is 31.2 Å². The highest BCUT2D eigenvalue weighted by Crippen LogP contribution is 2.27. The number of aliphatic carboxylic acids is 1. The van der Waals surface area contributed by atoms with E-state index in [1.54, 1.807) is 13.1 Å². The van der Waals surface area contributed by atoms with E-state index in [2.05, 4.69) is 20.6 Å². The molecule has 0 fully saturated rings. The highest BCUT2D eigenvalue weighted by Gasteiger charge is 2.26. The monoisotopic (exact) mass is 507 g/mol. The molecule has 10 nitrogen and oxygen atoms in total. The molecule has 196 valence electrons. The molecule has 10 heteroatoms. The number of carbonyl (C=O) groups excluding carboxylic acids is 2. The largest absolute Gasteiger partial charge is 0.485 e. The van der Waals surface area contributed by atoms with Crippen LogP contribution in [0.2, 0.25) is 0 Å². The van der Waals surface area contributed by atoms with Crippen molar-refractivity contribution in [3.8, 4) is 5.75 Å². The number of H-pyrrole nitrogens is 1. The molecule has 6 N–H and O–H groups in total. The van der Waals surface area contributed by atoms with Crippen LogP contribution < -0.4 is 21.1 Å². The predicted molar refractivity (Wildman–Crippen MR) is 139 cm³/mol. The fourth-order valence-electron chi connectivity index (χ4n) is 3.64. The van der Waals surface area contributed by atoms with Gasteiger partial charge in [-0.15, -0.1) is 0 Å². The number of amides is 2. The Kier molecular flexibility index (Phi) is 9.79. The number of imidazole rings is 1. The molecule has 0 bridgehead atoms. The molecule has 3 atom stereocenters. The Labute approximate surface area is 215 Å². The summed E-state index contributed by atoms with van der Waals surface area (Å²) in [6, 6.07) is 12.5. The summed E-state index contributed by atoms with van der Waals surface area (Å²) in [6.45, 7) is 3.73. The van der Waals surface area contributed by atoms with E-state index in [0.717, 1.165) is 5.56 Å². The number of aryl methyl sites for hydroxylation is 1. The van der Waals surface area contributed by atoms with Crippen molar-refractivity contribution in [1.82, 2.24) is 15.3 Å². The second-order valence-corrected chi connectivity index (χ2v) is 8.87. The number of ether oxygens (including phenoxy) is 1. The molecule has 3 aromatic rings. The molecular weight excluding hydrogens is 474 g/mol. The number of carboxylic acid groups (broad SMARTS) is 1. The molecule has 0 radical (unpaired) electrons. The van der Waals surface area contributed by atoms with E-state index in [4.69, 9.17) is 10.5 Å². The number of rotatable bonds is 13. The molecule has 37 heavy (non-hydrogen) atoms. The zero-order valence-electron chi connectivity index (χ0n) is 20.9. The Morgan fingerprint density at radius 3 is 2.57 bits per heavy atom.